The van der Waals surface area contributed by atoms with Gasteiger partial charge in [0, 0.05) is 64.7 Å². The average Bonchev–Trinajstić information content (AvgIpc) is 3.20. The second kappa shape index (κ2) is 14.0. The molecule has 0 saturated heterocycles. The highest BCUT2D eigenvalue weighted by Crippen LogP contribution is 2.45. The lowest BCUT2D eigenvalue weighted by atomic mass is 9.65. The maximum atomic E-state index is 14.4. The van der Waals surface area contributed by atoms with Crippen molar-refractivity contribution in [2.75, 3.05) is 42.1 Å². The Morgan fingerprint density at radius 2 is 1.24 bits per heavy atom. The maximum absolute atomic E-state index is 14.4. The summed E-state index contributed by atoms with van der Waals surface area (Å²) >= 11 is 0. The maximum Gasteiger partial charge on any atom is 0.427 e. The largest absolute Gasteiger partial charge is 0.506 e. The molecule has 0 saturated carbocycles. The molecule has 0 fully saturated rings. The van der Waals surface area contributed by atoms with Crippen molar-refractivity contribution in [3.8, 4) is 11.5 Å². The molecule has 12 heteroatoms. The third-order valence-corrected chi connectivity index (χ3v) is 10.2. The standard InChI is InChI=1S/C42H36B2N4O6/c49-21-3-23-53-29-15-11-27(12-16-29)43-45-33-7-1-5-25-9-19-31(39(47-43)35(25)33)37-41(51)38(42(37)52)32-20-10-26-6-2-8-34-36(26)40(32)48-44(46-34)28-13-17-30(18-14-28)54-24-4-22-50/h1-2,5-20,45-47,49-51H,3-4,21-24H2/b38-32+. The number of aliphatic hydroxyl groups is 3. The van der Waals surface area contributed by atoms with Crippen LogP contribution in [-0.4, -0.2) is 61.5 Å². The number of anilines is 3. The van der Waals surface area contributed by atoms with Crippen LogP contribution in [0.3, 0.4) is 0 Å². The molecule has 3 aliphatic rings. The van der Waals surface area contributed by atoms with Gasteiger partial charge in [-0.1, -0.05) is 72.8 Å². The van der Waals surface area contributed by atoms with E-state index in [-0.39, 0.29) is 42.9 Å². The van der Waals surface area contributed by atoms with Crippen LogP contribution in [0, 0.1) is 0 Å². The smallest absolute Gasteiger partial charge is 0.427 e. The molecule has 0 atom stereocenters. The van der Waals surface area contributed by atoms with E-state index in [0.29, 0.717) is 47.9 Å². The lowest BCUT2D eigenvalue weighted by Gasteiger charge is -2.31. The van der Waals surface area contributed by atoms with E-state index in [9.17, 15) is 9.90 Å². The van der Waals surface area contributed by atoms with Gasteiger partial charge in [0.1, 0.15) is 17.3 Å². The molecular formula is C42H36B2N4O6. The summed E-state index contributed by atoms with van der Waals surface area (Å²) in [4.78, 5) is 19.5. The van der Waals surface area contributed by atoms with Gasteiger partial charge in [0.05, 0.1) is 29.7 Å². The van der Waals surface area contributed by atoms with Gasteiger partial charge in [-0.25, -0.2) is 0 Å². The summed E-state index contributed by atoms with van der Waals surface area (Å²) < 4.78 is 11.5. The number of carbonyl (C=O) groups is 1. The van der Waals surface area contributed by atoms with Crippen molar-refractivity contribution in [1.82, 2.24) is 0 Å². The van der Waals surface area contributed by atoms with E-state index >= 15 is 0 Å². The van der Waals surface area contributed by atoms with Gasteiger partial charge in [-0.05, 0) is 58.1 Å². The van der Waals surface area contributed by atoms with E-state index in [4.69, 9.17) is 24.6 Å². The molecule has 54 heavy (non-hydrogen) atoms. The van der Waals surface area contributed by atoms with Crippen LogP contribution in [-0.2, 0) is 4.79 Å². The second-order valence-corrected chi connectivity index (χ2v) is 13.6. The SMILES string of the molecule is O=C1C(c2ccc3cccc4c3c2NB(c2ccc(OCCCO)cc2)N4)=C(O)/C1=c1/ccc2cccc3c2c1=NB(c1ccc(OCCCO)cc1)N3. The molecule has 0 radical (unpaired) electrons. The van der Waals surface area contributed by atoms with Gasteiger partial charge in [-0.15, -0.1) is 0 Å². The van der Waals surface area contributed by atoms with Gasteiger partial charge in [0.2, 0.25) is 5.78 Å². The highest BCUT2D eigenvalue weighted by Gasteiger charge is 2.39. The monoisotopic (exact) mass is 714 g/mol. The van der Waals surface area contributed by atoms with Crippen molar-refractivity contribution in [2.24, 2.45) is 4.90 Å². The summed E-state index contributed by atoms with van der Waals surface area (Å²) in [6.07, 6.45) is 1.12. The topological polar surface area (TPSA) is 145 Å². The number of Topliss-reactive ketones (excluding diaryl/α,β-unsaturated/α-hetero) is 1. The Morgan fingerprint density at radius 3 is 1.89 bits per heavy atom. The number of ether oxygens (including phenoxy) is 2. The van der Waals surface area contributed by atoms with Crippen molar-refractivity contribution in [2.45, 2.75) is 12.8 Å². The first kappa shape index (κ1) is 33.6. The Balaban J connectivity index is 1.12. The van der Waals surface area contributed by atoms with Crippen LogP contribution in [0.25, 0.3) is 32.7 Å². The quantitative estimate of drug-likeness (QED) is 0.0871. The van der Waals surface area contributed by atoms with Crippen molar-refractivity contribution >= 4 is 80.4 Å². The van der Waals surface area contributed by atoms with E-state index in [1.807, 2.05) is 109 Å². The Hall–Kier alpha value is -6.23. The highest BCUT2D eigenvalue weighted by atomic mass is 16.5. The molecule has 0 aromatic heterocycles. The minimum Gasteiger partial charge on any atom is -0.506 e. The summed E-state index contributed by atoms with van der Waals surface area (Å²) in [6.45, 7) is 0.262. The number of aliphatic hydroxyl groups excluding tert-OH is 3. The number of nitrogens with one attached hydrogen (secondary N) is 3. The predicted molar refractivity (Wildman–Crippen MR) is 216 cm³/mol. The van der Waals surface area contributed by atoms with Crippen molar-refractivity contribution in [3.63, 3.8) is 0 Å². The van der Waals surface area contributed by atoms with Gasteiger partial charge >= 0.3 is 14.0 Å². The summed E-state index contributed by atoms with van der Waals surface area (Å²) in [7, 11) is 0. The summed E-state index contributed by atoms with van der Waals surface area (Å²) in [6, 6.07) is 35.2. The van der Waals surface area contributed by atoms with Crippen molar-refractivity contribution in [1.29, 1.82) is 0 Å². The minimum absolute atomic E-state index is 0.0583. The van der Waals surface area contributed by atoms with E-state index < -0.39 is 6.98 Å². The fourth-order valence-corrected chi connectivity index (χ4v) is 7.56. The molecule has 6 aromatic carbocycles. The van der Waals surface area contributed by atoms with Crippen LogP contribution in [0.15, 0.2) is 120 Å². The molecule has 2 heterocycles. The first-order chi connectivity index (χ1) is 26.5. The van der Waals surface area contributed by atoms with Crippen LogP contribution in [0.1, 0.15) is 18.4 Å². The number of ketones is 1. The fourth-order valence-electron chi connectivity index (χ4n) is 7.56. The van der Waals surface area contributed by atoms with E-state index in [1.54, 1.807) is 0 Å². The number of benzene rings is 6. The Bertz CT molecular complexity index is 2610. The molecule has 2 aliphatic heterocycles. The normalized spacial score (nSPS) is 15.3. The van der Waals surface area contributed by atoms with Gasteiger partial charge < -0.3 is 45.4 Å². The van der Waals surface area contributed by atoms with Gasteiger partial charge in [-0.2, -0.15) is 0 Å². The van der Waals surface area contributed by atoms with Crippen LogP contribution in [0.5, 0.6) is 11.5 Å². The summed E-state index contributed by atoms with van der Waals surface area (Å²) in [5.74, 6) is 1.12. The molecule has 6 aromatic rings. The molecule has 0 spiro atoms. The van der Waals surface area contributed by atoms with Gasteiger partial charge in [0.25, 0.3) is 0 Å². The first-order valence-corrected chi connectivity index (χ1v) is 18.2. The van der Waals surface area contributed by atoms with Crippen molar-refractivity contribution < 1.29 is 29.6 Å². The number of hydrogen-bond donors (Lipinski definition) is 6. The minimum atomic E-state index is -0.435. The second-order valence-electron chi connectivity index (χ2n) is 13.6. The van der Waals surface area contributed by atoms with Crippen LogP contribution in [0.2, 0.25) is 0 Å². The Labute approximate surface area is 311 Å². The molecule has 0 unspecified atom stereocenters. The molecule has 266 valence electrons. The molecule has 10 nitrogen and oxygen atoms in total. The van der Waals surface area contributed by atoms with E-state index in [2.05, 4.69) is 15.7 Å². The zero-order chi connectivity index (χ0) is 36.8. The van der Waals surface area contributed by atoms with Gasteiger partial charge in [-0.3, -0.25) is 4.79 Å². The molecule has 0 amide bonds. The van der Waals surface area contributed by atoms with Gasteiger partial charge in [0.15, 0.2) is 0 Å². The number of carbonyl (C=O) groups excluding carboxylic acids is 1. The number of nitrogens with zero attached hydrogens (tertiary/aromatic N) is 1. The zero-order valence-corrected chi connectivity index (χ0v) is 29.3. The van der Waals surface area contributed by atoms with Crippen molar-refractivity contribution in [3.05, 3.63) is 131 Å². The molecule has 1 aliphatic carbocycles. The number of allylic oxidation sites excluding steroid dienone is 2. The number of hydrogen-bond acceptors (Lipinski definition) is 10. The first-order valence-electron chi connectivity index (χ1n) is 18.2. The molecule has 6 N–H and O–H groups in total. The molecular weight excluding hydrogens is 678 g/mol. The van der Waals surface area contributed by atoms with E-state index in [1.165, 1.54) is 0 Å². The summed E-state index contributed by atoms with van der Waals surface area (Å²) in [5.41, 5.74) is 5.60. The Morgan fingerprint density at radius 1 is 0.630 bits per heavy atom. The zero-order valence-electron chi connectivity index (χ0n) is 29.3. The third kappa shape index (κ3) is 5.80. The van der Waals surface area contributed by atoms with Crippen LogP contribution >= 0.6 is 0 Å². The highest BCUT2D eigenvalue weighted by molar-refractivity contribution is 6.80. The Kier molecular flexibility index (Phi) is 8.69. The summed E-state index contributed by atoms with van der Waals surface area (Å²) in [5, 5.41) is 45.9. The lowest BCUT2D eigenvalue weighted by molar-refractivity contribution is -0.109. The molecule has 0 bridgehead atoms. The van der Waals surface area contributed by atoms with E-state index in [0.717, 1.165) is 55.3 Å². The molecule has 9 rings (SSSR count). The predicted octanol–water partition coefficient (Wildman–Crippen LogP) is 3.89. The third-order valence-electron chi connectivity index (χ3n) is 10.2. The average molecular weight is 714 g/mol. The van der Waals surface area contributed by atoms with Crippen LogP contribution in [0.4, 0.5) is 17.1 Å². The number of rotatable bonds is 11. The fraction of sp³-hybridized carbons (Fsp3) is 0.143. The lowest BCUT2D eigenvalue weighted by Crippen LogP contribution is -2.48. The van der Waals surface area contributed by atoms with Crippen LogP contribution < -0.4 is 46.7 Å².